The average Bonchev–Trinajstić information content (AvgIpc) is 2.65. The summed E-state index contributed by atoms with van der Waals surface area (Å²) in [7, 11) is 0. The van der Waals surface area contributed by atoms with Gasteiger partial charge in [0, 0.05) is 6.20 Å². The van der Waals surface area contributed by atoms with Crippen molar-refractivity contribution in [1.29, 1.82) is 0 Å². The molecule has 1 aromatic heterocycles. The topological polar surface area (TPSA) is 72.9 Å². The Hall–Kier alpha value is -1.36. The number of likely N-dealkylation sites (N-methyl/N-ethyl adjacent to an activating group) is 1. The molecule has 0 aliphatic rings. The number of carbonyl (C=O) groups is 1. The molecule has 0 aliphatic heterocycles. The summed E-state index contributed by atoms with van der Waals surface area (Å²) in [5.41, 5.74) is 5.88. The first-order valence-corrected chi connectivity index (χ1v) is 5.94. The van der Waals surface area contributed by atoms with E-state index in [2.05, 4.69) is 10.4 Å². The van der Waals surface area contributed by atoms with E-state index in [1.807, 2.05) is 44.8 Å². The number of primary amides is 1. The van der Waals surface area contributed by atoms with Crippen LogP contribution in [0.3, 0.4) is 0 Å². The van der Waals surface area contributed by atoms with Crippen LogP contribution >= 0.6 is 0 Å². The molecule has 2 atom stereocenters. The first-order chi connectivity index (χ1) is 7.89. The third-order valence-corrected chi connectivity index (χ3v) is 3.00. The maximum absolute atomic E-state index is 11.5. The van der Waals surface area contributed by atoms with Gasteiger partial charge in [-0.05, 0) is 39.3 Å². The van der Waals surface area contributed by atoms with Gasteiger partial charge in [-0.2, -0.15) is 5.10 Å². The number of nitrogens with two attached hydrogens (primary N) is 1. The van der Waals surface area contributed by atoms with Crippen LogP contribution < -0.4 is 11.1 Å². The molecule has 1 amide bonds. The second-order valence-corrected chi connectivity index (χ2v) is 4.78. The summed E-state index contributed by atoms with van der Waals surface area (Å²) < 4.78 is 1.87. The van der Waals surface area contributed by atoms with Crippen molar-refractivity contribution in [2.24, 2.45) is 5.73 Å². The molecular formula is C12H22N4O. The quantitative estimate of drug-likeness (QED) is 0.776. The molecule has 0 saturated carbocycles. The van der Waals surface area contributed by atoms with Crippen LogP contribution in [-0.4, -0.2) is 27.8 Å². The minimum atomic E-state index is -0.686. The van der Waals surface area contributed by atoms with E-state index >= 15 is 0 Å². The van der Waals surface area contributed by atoms with Crippen LogP contribution in [0.25, 0.3) is 0 Å². The van der Waals surface area contributed by atoms with Crippen LogP contribution in [0.15, 0.2) is 12.4 Å². The molecule has 5 heteroatoms. The number of hydrogen-bond acceptors (Lipinski definition) is 3. The standard InChI is InChI=1S/C12H22N4O/c1-5-14-12(4,11(13)17)6-10(3)16-8-9(2)7-15-16/h7-8,10,14H,5-6H2,1-4H3,(H2,13,17). The summed E-state index contributed by atoms with van der Waals surface area (Å²) in [6.45, 7) is 8.54. The third kappa shape index (κ3) is 3.30. The lowest BCUT2D eigenvalue weighted by Crippen LogP contribution is -2.54. The van der Waals surface area contributed by atoms with Crippen molar-refractivity contribution in [2.45, 2.75) is 45.7 Å². The lowest BCUT2D eigenvalue weighted by atomic mass is 9.93. The van der Waals surface area contributed by atoms with Crippen molar-refractivity contribution in [3.05, 3.63) is 18.0 Å². The van der Waals surface area contributed by atoms with Crippen LogP contribution in [-0.2, 0) is 4.79 Å². The first-order valence-electron chi connectivity index (χ1n) is 5.94. The van der Waals surface area contributed by atoms with Crippen LogP contribution in [0.1, 0.15) is 38.8 Å². The molecule has 1 heterocycles. The lowest BCUT2D eigenvalue weighted by Gasteiger charge is -2.30. The zero-order valence-electron chi connectivity index (χ0n) is 11.0. The van der Waals surface area contributed by atoms with E-state index in [4.69, 9.17) is 5.73 Å². The second kappa shape index (κ2) is 5.31. The van der Waals surface area contributed by atoms with E-state index in [1.54, 1.807) is 0 Å². The fourth-order valence-electron chi connectivity index (χ4n) is 2.01. The first kappa shape index (κ1) is 13.7. The Kier molecular flexibility index (Phi) is 4.28. The maximum atomic E-state index is 11.5. The molecule has 1 rings (SSSR count). The number of nitrogens with zero attached hydrogens (tertiary/aromatic N) is 2. The monoisotopic (exact) mass is 238 g/mol. The highest BCUT2D eigenvalue weighted by Crippen LogP contribution is 2.20. The predicted molar refractivity (Wildman–Crippen MR) is 67.6 cm³/mol. The normalized spacial score (nSPS) is 16.5. The number of nitrogens with one attached hydrogen (secondary N) is 1. The number of hydrogen-bond donors (Lipinski definition) is 2. The molecule has 0 aromatic carbocycles. The molecule has 0 fully saturated rings. The molecule has 0 saturated heterocycles. The summed E-state index contributed by atoms with van der Waals surface area (Å²) in [6.07, 6.45) is 4.40. The van der Waals surface area contributed by atoms with Gasteiger partial charge in [0.2, 0.25) is 5.91 Å². The maximum Gasteiger partial charge on any atom is 0.237 e. The van der Waals surface area contributed by atoms with Gasteiger partial charge in [0.15, 0.2) is 0 Å². The average molecular weight is 238 g/mol. The summed E-state index contributed by atoms with van der Waals surface area (Å²) >= 11 is 0. The summed E-state index contributed by atoms with van der Waals surface area (Å²) in [5.74, 6) is -0.324. The Morgan fingerprint density at radius 1 is 1.71 bits per heavy atom. The van der Waals surface area contributed by atoms with Crippen LogP contribution in [0.5, 0.6) is 0 Å². The Morgan fingerprint density at radius 2 is 2.35 bits per heavy atom. The van der Waals surface area contributed by atoms with Crippen LogP contribution in [0.4, 0.5) is 0 Å². The Bertz CT molecular complexity index is 388. The van der Waals surface area contributed by atoms with E-state index < -0.39 is 5.54 Å². The lowest BCUT2D eigenvalue weighted by molar-refractivity contribution is -0.124. The van der Waals surface area contributed by atoms with Gasteiger partial charge in [-0.25, -0.2) is 0 Å². The van der Waals surface area contributed by atoms with Crippen molar-refractivity contribution in [3.63, 3.8) is 0 Å². The van der Waals surface area contributed by atoms with Gasteiger partial charge in [0.1, 0.15) is 0 Å². The van der Waals surface area contributed by atoms with Gasteiger partial charge in [0.05, 0.1) is 17.8 Å². The minimum absolute atomic E-state index is 0.125. The van der Waals surface area contributed by atoms with E-state index in [0.29, 0.717) is 13.0 Å². The van der Waals surface area contributed by atoms with Crippen molar-refractivity contribution < 1.29 is 4.79 Å². The van der Waals surface area contributed by atoms with Gasteiger partial charge in [0.25, 0.3) is 0 Å². The molecule has 96 valence electrons. The molecule has 0 spiro atoms. The smallest absolute Gasteiger partial charge is 0.237 e. The van der Waals surface area contributed by atoms with Gasteiger partial charge in [-0.1, -0.05) is 6.92 Å². The molecule has 3 N–H and O–H groups in total. The molecule has 1 aromatic rings. The Balaban J connectivity index is 2.77. The highest BCUT2D eigenvalue weighted by molar-refractivity contribution is 5.84. The van der Waals surface area contributed by atoms with Gasteiger partial charge < -0.3 is 11.1 Å². The van der Waals surface area contributed by atoms with Crippen molar-refractivity contribution in [2.75, 3.05) is 6.54 Å². The summed E-state index contributed by atoms with van der Waals surface area (Å²) in [6, 6.07) is 0.125. The largest absolute Gasteiger partial charge is 0.368 e. The van der Waals surface area contributed by atoms with Crippen LogP contribution in [0, 0.1) is 6.92 Å². The number of aromatic nitrogens is 2. The molecule has 0 bridgehead atoms. The second-order valence-electron chi connectivity index (χ2n) is 4.78. The summed E-state index contributed by atoms with van der Waals surface area (Å²) in [4.78, 5) is 11.5. The zero-order chi connectivity index (χ0) is 13.1. The third-order valence-electron chi connectivity index (χ3n) is 3.00. The number of rotatable bonds is 6. The van der Waals surface area contributed by atoms with Crippen molar-refractivity contribution in [1.82, 2.24) is 15.1 Å². The SMILES string of the molecule is CCNC(C)(CC(C)n1cc(C)cn1)C(N)=O. The van der Waals surface area contributed by atoms with E-state index in [1.165, 1.54) is 0 Å². The van der Waals surface area contributed by atoms with Gasteiger partial charge >= 0.3 is 0 Å². The number of aryl methyl sites for hydroxylation is 1. The molecule has 2 unspecified atom stereocenters. The van der Waals surface area contributed by atoms with Gasteiger partial charge in [-0.15, -0.1) is 0 Å². The van der Waals surface area contributed by atoms with Crippen LogP contribution in [0.2, 0.25) is 0 Å². The molecular weight excluding hydrogens is 216 g/mol. The molecule has 0 aliphatic carbocycles. The Morgan fingerprint density at radius 3 is 2.76 bits per heavy atom. The fourth-order valence-corrected chi connectivity index (χ4v) is 2.01. The predicted octanol–water partition coefficient (Wildman–Crippen LogP) is 0.996. The highest BCUT2D eigenvalue weighted by atomic mass is 16.1. The Labute approximate surface area is 102 Å². The van der Waals surface area contributed by atoms with E-state index in [-0.39, 0.29) is 11.9 Å². The highest BCUT2D eigenvalue weighted by Gasteiger charge is 2.32. The fraction of sp³-hybridized carbons (Fsp3) is 0.667. The van der Waals surface area contributed by atoms with Crippen molar-refractivity contribution >= 4 is 5.91 Å². The van der Waals surface area contributed by atoms with E-state index in [0.717, 1.165) is 5.56 Å². The molecule has 5 nitrogen and oxygen atoms in total. The summed E-state index contributed by atoms with van der Waals surface area (Å²) in [5, 5.41) is 7.41. The van der Waals surface area contributed by atoms with E-state index in [9.17, 15) is 4.79 Å². The minimum Gasteiger partial charge on any atom is -0.368 e. The van der Waals surface area contributed by atoms with Gasteiger partial charge in [-0.3, -0.25) is 9.48 Å². The van der Waals surface area contributed by atoms with Crippen molar-refractivity contribution in [3.8, 4) is 0 Å². The molecule has 17 heavy (non-hydrogen) atoms. The zero-order valence-corrected chi connectivity index (χ0v) is 11.0. The number of amides is 1. The number of carbonyl (C=O) groups excluding carboxylic acids is 1. The molecule has 0 radical (unpaired) electrons.